The van der Waals surface area contributed by atoms with Crippen molar-refractivity contribution in [2.75, 3.05) is 5.75 Å². The minimum atomic E-state index is -0.0983. The molecule has 0 saturated carbocycles. The van der Waals surface area contributed by atoms with Gasteiger partial charge in [0.05, 0.1) is 11.3 Å². The summed E-state index contributed by atoms with van der Waals surface area (Å²) in [4.78, 5) is 30.6. The molecule has 7 heteroatoms. The van der Waals surface area contributed by atoms with Gasteiger partial charge in [0.2, 0.25) is 5.91 Å². The number of nitrogens with one attached hydrogen (secondary N) is 1. The molecule has 0 radical (unpaired) electrons. The van der Waals surface area contributed by atoms with E-state index in [2.05, 4.69) is 16.9 Å². The number of aromatic nitrogens is 2. The Kier molecular flexibility index (Phi) is 6.13. The third-order valence-corrected chi connectivity index (χ3v) is 5.89. The maximum Gasteiger partial charge on any atom is 0.272 e. The molecule has 0 fully saturated rings. The number of carbonyl (C=O) groups is 1. The van der Waals surface area contributed by atoms with E-state index in [1.165, 1.54) is 23.1 Å². The van der Waals surface area contributed by atoms with Crippen molar-refractivity contribution in [1.82, 2.24) is 14.9 Å². The van der Waals surface area contributed by atoms with Crippen LogP contribution in [0, 0.1) is 0 Å². The van der Waals surface area contributed by atoms with Gasteiger partial charge in [0.1, 0.15) is 4.70 Å². The van der Waals surface area contributed by atoms with Crippen molar-refractivity contribution in [3.63, 3.8) is 0 Å². The van der Waals surface area contributed by atoms with Crippen molar-refractivity contribution in [2.24, 2.45) is 0 Å². The monoisotopic (exact) mass is 399 g/mol. The number of allylic oxidation sites excluding steroid dienone is 1. The fourth-order valence-corrected chi connectivity index (χ4v) is 4.50. The van der Waals surface area contributed by atoms with Crippen LogP contribution in [0.1, 0.15) is 13.8 Å². The van der Waals surface area contributed by atoms with Crippen molar-refractivity contribution < 1.29 is 4.79 Å². The molecule has 2 aromatic heterocycles. The van der Waals surface area contributed by atoms with Crippen LogP contribution in [0.2, 0.25) is 0 Å². The normalized spacial score (nSPS) is 11.1. The molecule has 1 aromatic carbocycles. The van der Waals surface area contributed by atoms with Gasteiger partial charge in [0, 0.05) is 17.5 Å². The summed E-state index contributed by atoms with van der Waals surface area (Å²) in [6, 6.07) is 11.9. The summed E-state index contributed by atoms with van der Waals surface area (Å²) in [6.45, 7) is 7.92. The van der Waals surface area contributed by atoms with Crippen molar-refractivity contribution in [1.29, 1.82) is 0 Å². The lowest BCUT2D eigenvalue weighted by Gasteiger charge is -2.11. The lowest BCUT2D eigenvalue weighted by atomic mass is 10.2. The zero-order valence-corrected chi connectivity index (χ0v) is 16.9. The Morgan fingerprint density at radius 1 is 1.37 bits per heavy atom. The van der Waals surface area contributed by atoms with Gasteiger partial charge >= 0.3 is 0 Å². The standard InChI is InChI=1S/C20H21N3O2S2/c1-4-10-23-19(25)18-15(11-16(27-18)14-8-6-5-7-9-14)22-20(23)26-12-17(24)21-13(2)3/h4-9,11,13H,1,10,12H2,2-3H3,(H,21,24). The van der Waals surface area contributed by atoms with E-state index in [9.17, 15) is 9.59 Å². The summed E-state index contributed by atoms with van der Waals surface area (Å²) in [5, 5.41) is 3.38. The van der Waals surface area contributed by atoms with Crippen LogP contribution in [-0.2, 0) is 11.3 Å². The predicted molar refractivity (Wildman–Crippen MR) is 114 cm³/mol. The van der Waals surface area contributed by atoms with Gasteiger partial charge in [-0.2, -0.15) is 0 Å². The first-order valence-electron chi connectivity index (χ1n) is 8.62. The first-order valence-corrected chi connectivity index (χ1v) is 10.4. The summed E-state index contributed by atoms with van der Waals surface area (Å²) in [5.41, 5.74) is 1.62. The van der Waals surface area contributed by atoms with E-state index >= 15 is 0 Å². The van der Waals surface area contributed by atoms with Gasteiger partial charge in [0.15, 0.2) is 5.16 Å². The number of nitrogens with zero attached hydrogens (tertiary/aromatic N) is 2. The molecule has 0 saturated heterocycles. The number of thiophene rings is 1. The highest BCUT2D eigenvalue weighted by molar-refractivity contribution is 7.99. The number of rotatable bonds is 7. The third-order valence-electron chi connectivity index (χ3n) is 3.75. The highest BCUT2D eigenvalue weighted by atomic mass is 32.2. The minimum absolute atomic E-state index is 0.0780. The molecule has 140 valence electrons. The molecule has 0 atom stereocenters. The van der Waals surface area contributed by atoms with Crippen LogP contribution < -0.4 is 10.9 Å². The Morgan fingerprint density at radius 2 is 2.11 bits per heavy atom. The molecule has 0 bridgehead atoms. The summed E-state index contributed by atoms with van der Waals surface area (Å²) in [7, 11) is 0. The summed E-state index contributed by atoms with van der Waals surface area (Å²) in [5.74, 6) is 0.132. The smallest absolute Gasteiger partial charge is 0.272 e. The Morgan fingerprint density at radius 3 is 2.78 bits per heavy atom. The van der Waals surface area contributed by atoms with E-state index in [4.69, 9.17) is 0 Å². The van der Waals surface area contributed by atoms with Crippen LogP contribution in [0.15, 0.2) is 59.0 Å². The van der Waals surface area contributed by atoms with Gasteiger partial charge in [0.25, 0.3) is 5.56 Å². The maximum absolute atomic E-state index is 13.0. The fourth-order valence-electron chi connectivity index (χ4n) is 2.63. The fraction of sp³-hybridized carbons (Fsp3) is 0.250. The number of hydrogen-bond donors (Lipinski definition) is 1. The molecule has 0 aliphatic heterocycles. The Bertz CT molecular complexity index is 1020. The maximum atomic E-state index is 13.0. The number of hydrogen-bond acceptors (Lipinski definition) is 5. The zero-order chi connectivity index (χ0) is 19.4. The molecule has 0 aliphatic carbocycles. The topological polar surface area (TPSA) is 64.0 Å². The highest BCUT2D eigenvalue weighted by Gasteiger charge is 2.16. The lowest BCUT2D eigenvalue weighted by Crippen LogP contribution is -2.32. The van der Waals surface area contributed by atoms with E-state index in [1.807, 2.05) is 50.2 Å². The molecule has 0 unspecified atom stereocenters. The third kappa shape index (κ3) is 4.48. The second-order valence-electron chi connectivity index (χ2n) is 6.30. The van der Waals surface area contributed by atoms with E-state index in [1.54, 1.807) is 10.6 Å². The first-order chi connectivity index (χ1) is 13.0. The van der Waals surface area contributed by atoms with Crippen LogP contribution in [0.3, 0.4) is 0 Å². The van der Waals surface area contributed by atoms with E-state index in [0.717, 1.165) is 10.4 Å². The molecule has 0 aliphatic rings. The predicted octanol–water partition coefficient (Wildman–Crippen LogP) is 3.93. The van der Waals surface area contributed by atoms with Crippen molar-refractivity contribution in [2.45, 2.75) is 31.6 Å². The molecule has 3 rings (SSSR count). The number of carbonyl (C=O) groups excluding carboxylic acids is 1. The van der Waals surface area contributed by atoms with Crippen molar-refractivity contribution >= 4 is 39.2 Å². The van der Waals surface area contributed by atoms with Gasteiger partial charge in [-0.15, -0.1) is 17.9 Å². The lowest BCUT2D eigenvalue weighted by molar-refractivity contribution is -0.119. The minimum Gasteiger partial charge on any atom is -0.353 e. The Hall–Kier alpha value is -2.38. The number of benzene rings is 1. The average molecular weight is 400 g/mol. The van der Waals surface area contributed by atoms with Gasteiger partial charge in [-0.3, -0.25) is 14.2 Å². The van der Waals surface area contributed by atoms with Gasteiger partial charge < -0.3 is 5.32 Å². The Balaban J connectivity index is 1.99. The van der Waals surface area contributed by atoms with E-state index in [0.29, 0.717) is 21.9 Å². The van der Waals surface area contributed by atoms with Crippen LogP contribution in [0.5, 0.6) is 0 Å². The Labute approximate surface area is 166 Å². The zero-order valence-electron chi connectivity index (χ0n) is 15.3. The van der Waals surface area contributed by atoms with E-state index < -0.39 is 0 Å². The van der Waals surface area contributed by atoms with Gasteiger partial charge in [-0.05, 0) is 25.5 Å². The van der Waals surface area contributed by atoms with Crippen LogP contribution in [-0.4, -0.2) is 27.3 Å². The van der Waals surface area contributed by atoms with Gasteiger partial charge in [-0.25, -0.2) is 4.98 Å². The molecule has 5 nitrogen and oxygen atoms in total. The molecule has 1 amide bonds. The summed E-state index contributed by atoms with van der Waals surface area (Å²) < 4.78 is 2.19. The molecule has 0 spiro atoms. The number of fused-ring (bicyclic) bond motifs is 1. The van der Waals surface area contributed by atoms with Crippen LogP contribution in [0.4, 0.5) is 0 Å². The van der Waals surface area contributed by atoms with Crippen molar-refractivity contribution in [3.8, 4) is 10.4 Å². The molecular weight excluding hydrogens is 378 g/mol. The first kappa shape index (κ1) is 19.4. The quantitative estimate of drug-likeness (QED) is 0.371. The summed E-state index contributed by atoms with van der Waals surface area (Å²) in [6.07, 6.45) is 1.67. The van der Waals surface area contributed by atoms with Crippen molar-refractivity contribution in [3.05, 3.63) is 59.4 Å². The highest BCUT2D eigenvalue weighted by Crippen LogP contribution is 2.31. The SMILES string of the molecule is C=CCn1c(SCC(=O)NC(C)C)nc2cc(-c3ccccc3)sc2c1=O. The average Bonchev–Trinajstić information content (AvgIpc) is 3.07. The number of amides is 1. The number of thioether (sulfide) groups is 1. The van der Waals surface area contributed by atoms with E-state index in [-0.39, 0.29) is 23.3 Å². The molecule has 3 aromatic rings. The van der Waals surface area contributed by atoms with Crippen LogP contribution in [0.25, 0.3) is 20.7 Å². The molecule has 27 heavy (non-hydrogen) atoms. The second-order valence-corrected chi connectivity index (χ2v) is 8.30. The molecule has 2 heterocycles. The molecule has 1 N–H and O–H groups in total. The largest absolute Gasteiger partial charge is 0.353 e. The van der Waals surface area contributed by atoms with Crippen LogP contribution >= 0.6 is 23.1 Å². The second kappa shape index (κ2) is 8.54. The van der Waals surface area contributed by atoms with Gasteiger partial charge in [-0.1, -0.05) is 48.2 Å². The summed E-state index contributed by atoms with van der Waals surface area (Å²) >= 11 is 2.71. The molecular formula is C20H21N3O2S2.